The molecular formula is C11H7Cl2N3O2. The Bertz CT molecular complexity index is 703. The molecule has 0 atom stereocenters. The highest BCUT2D eigenvalue weighted by atomic mass is 35.5. The van der Waals surface area contributed by atoms with E-state index in [4.69, 9.17) is 27.9 Å². The van der Waals surface area contributed by atoms with Crippen molar-refractivity contribution in [1.82, 2.24) is 10.2 Å². The third-order valence-corrected chi connectivity index (χ3v) is 3.09. The van der Waals surface area contributed by atoms with E-state index in [0.717, 1.165) is 0 Å². The highest BCUT2D eigenvalue weighted by Crippen LogP contribution is 2.29. The van der Waals surface area contributed by atoms with Crippen LogP contribution in [0.1, 0.15) is 11.3 Å². The SMILES string of the molecule is O=c1[nH][nH]c2c1C(=Nc1ccc(Cl)cc1Cl)OC2. The number of aromatic nitrogens is 2. The molecule has 0 saturated carbocycles. The lowest BCUT2D eigenvalue weighted by molar-refractivity contribution is 0.307. The van der Waals surface area contributed by atoms with Gasteiger partial charge in [-0.2, -0.15) is 0 Å². The molecule has 0 saturated heterocycles. The molecule has 0 unspecified atom stereocenters. The number of aromatic amines is 2. The van der Waals surface area contributed by atoms with Gasteiger partial charge < -0.3 is 4.74 Å². The first-order chi connectivity index (χ1) is 8.65. The van der Waals surface area contributed by atoms with Gasteiger partial charge in [-0.1, -0.05) is 23.2 Å². The lowest BCUT2D eigenvalue weighted by atomic mass is 10.3. The molecule has 2 N–H and O–H groups in total. The second-order valence-electron chi connectivity index (χ2n) is 3.73. The average molecular weight is 284 g/mol. The van der Waals surface area contributed by atoms with Crippen molar-refractivity contribution in [3.63, 3.8) is 0 Å². The maximum Gasteiger partial charge on any atom is 0.277 e. The Balaban J connectivity index is 2.09. The average Bonchev–Trinajstić information content (AvgIpc) is 2.88. The molecule has 1 aliphatic heterocycles. The zero-order chi connectivity index (χ0) is 12.7. The summed E-state index contributed by atoms with van der Waals surface area (Å²) in [5.41, 5.74) is 1.35. The molecule has 7 heteroatoms. The molecule has 1 aromatic heterocycles. The third-order valence-electron chi connectivity index (χ3n) is 2.55. The van der Waals surface area contributed by atoms with Gasteiger partial charge in [0.25, 0.3) is 5.56 Å². The Morgan fingerprint density at radius 1 is 1.28 bits per heavy atom. The molecule has 5 nitrogen and oxygen atoms in total. The van der Waals surface area contributed by atoms with Crippen molar-refractivity contribution >= 4 is 34.8 Å². The van der Waals surface area contributed by atoms with E-state index in [0.29, 0.717) is 27.0 Å². The molecule has 2 heterocycles. The summed E-state index contributed by atoms with van der Waals surface area (Å²) in [5, 5.41) is 6.14. The summed E-state index contributed by atoms with van der Waals surface area (Å²) < 4.78 is 5.34. The second-order valence-corrected chi connectivity index (χ2v) is 4.58. The first-order valence-electron chi connectivity index (χ1n) is 5.11. The molecule has 0 spiro atoms. The lowest BCUT2D eigenvalue weighted by Gasteiger charge is -2.01. The van der Waals surface area contributed by atoms with Crippen LogP contribution in [0.25, 0.3) is 0 Å². The number of nitrogens with one attached hydrogen (secondary N) is 2. The van der Waals surface area contributed by atoms with Crippen molar-refractivity contribution in [3.8, 4) is 0 Å². The number of halogens is 2. The van der Waals surface area contributed by atoms with Crippen LogP contribution in [0.2, 0.25) is 10.0 Å². The van der Waals surface area contributed by atoms with Gasteiger partial charge >= 0.3 is 0 Å². The quantitative estimate of drug-likeness (QED) is 0.845. The topological polar surface area (TPSA) is 70.2 Å². The molecule has 0 amide bonds. The molecule has 3 rings (SSSR count). The lowest BCUT2D eigenvalue weighted by Crippen LogP contribution is -2.11. The summed E-state index contributed by atoms with van der Waals surface area (Å²) in [6.45, 7) is 0.290. The predicted octanol–water partition coefficient (Wildman–Crippen LogP) is 2.62. The van der Waals surface area contributed by atoms with Crippen LogP contribution in [-0.4, -0.2) is 16.1 Å². The molecule has 0 fully saturated rings. The van der Waals surface area contributed by atoms with Gasteiger partial charge in [-0.25, -0.2) is 4.99 Å². The number of benzene rings is 1. The minimum atomic E-state index is -0.258. The smallest absolute Gasteiger partial charge is 0.277 e. The van der Waals surface area contributed by atoms with Gasteiger partial charge in [-0.3, -0.25) is 15.0 Å². The predicted molar refractivity (Wildman–Crippen MR) is 68.9 cm³/mol. The zero-order valence-electron chi connectivity index (χ0n) is 8.96. The van der Waals surface area contributed by atoms with E-state index in [2.05, 4.69) is 15.2 Å². The first-order valence-corrected chi connectivity index (χ1v) is 5.87. The van der Waals surface area contributed by atoms with Crippen LogP contribution in [0.5, 0.6) is 0 Å². The van der Waals surface area contributed by atoms with Crippen molar-refractivity contribution < 1.29 is 4.74 Å². The Morgan fingerprint density at radius 2 is 2.11 bits per heavy atom. The first kappa shape index (κ1) is 11.4. The van der Waals surface area contributed by atoms with Crippen molar-refractivity contribution in [2.24, 2.45) is 4.99 Å². The van der Waals surface area contributed by atoms with E-state index in [9.17, 15) is 4.79 Å². The number of nitrogens with zero attached hydrogens (tertiary/aromatic N) is 1. The monoisotopic (exact) mass is 283 g/mol. The van der Waals surface area contributed by atoms with Gasteiger partial charge in [0.1, 0.15) is 12.2 Å². The number of aliphatic imine (C=N–C) groups is 1. The van der Waals surface area contributed by atoms with Crippen LogP contribution >= 0.6 is 23.2 Å². The number of rotatable bonds is 1. The van der Waals surface area contributed by atoms with Crippen LogP contribution in [0.3, 0.4) is 0 Å². The van der Waals surface area contributed by atoms with E-state index in [-0.39, 0.29) is 18.1 Å². The van der Waals surface area contributed by atoms with Crippen molar-refractivity contribution in [1.29, 1.82) is 0 Å². The minimum Gasteiger partial charge on any atom is -0.471 e. The van der Waals surface area contributed by atoms with E-state index in [1.54, 1.807) is 18.2 Å². The summed E-state index contributed by atoms with van der Waals surface area (Å²) in [4.78, 5) is 15.8. The normalized spacial score (nSPS) is 15.8. The Kier molecular flexibility index (Phi) is 2.65. The number of fused-ring (bicyclic) bond motifs is 1. The highest BCUT2D eigenvalue weighted by molar-refractivity contribution is 6.36. The van der Waals surface area contributed by atoms with Gasteiger partial charge in [0, 0.05) is 5.02 Å². The van der Waals surface area contributed by atoms with E-state index >= 15 is 0 Å². The fourth-order valence-electron chi connectivity index (χ4n) is 1.71. The van der Waals surface area contributed by atoms with Crippen LogP contribution in [0, 0.1) is 0 Å². The van der Waals surface area contributed by atoms with Crippen LogP contribution < -0.4 is 5.56 Å². The molecule has 0 aliphatic carbocycles. The molecular weight excluding hydrogens is 277 g/mol. The molecule has 0 radical (unpaired) electrons. The number of ether oxygens (including phenoxy) is 1. The second kappa shape index (κ2) is 4.19. The van der Waals surface area contributed by atoms with Crippen LogP contribution in [0.4, 0.5) is 5.69 Å². The number of H-pyrrole nitrogens is 2. The molecule has 2 aromatic rings. The van der Waals surface area contributed by atoms with Crippen molar-refractivity contribution in [2.45, 2.75) is 6.61 Å². The summed E-state index contributed by atoms with van der Waals surface area (Å²) >= 11 is 11.8. The van der Waals surface area contributed by atoms with Gasteiger partial charge in [-0.05, 0) is 18.2 Å². The largest absolute Gasteiger partial charge is 0.471 e. The Hall–Kier alpha value is -1.72. The van der Waals surface area contributed by atoms with Crippen LogP contribution in [-0.2, 0) is 11.3 Å². The molecule has 1 aliphatic rings. The van der Waals surface area contributed by atoms with Gasteiger partial charge in [0.05, 0.1) is 16.4 Å². The van der Waals surface area contributed by atoms with Crippen molar-refractivity contribution in [2.75, 3.05) is 0 Å². The Labute approximate surface area is 111 Å². The molecule has 0 bridgehead atoms. The van der Waals surface area contributed by atoms with E-state index in [1.807, 2.05) is 0 Å². The molecule has 1 aromatic carbocycles. The van der Waals surface area contributed by atoms with E-state index in [1.165, 1.54) is 0 Å². The molecule has 18 heavy (non-hydrogen) atoms. The van der Waals surface area contributed by atoms with Crippen molar-refractivity contribution in [3.05, 3.63) is 49.9 Å². The van der Waals surface area contributed by atoms with Gasteiger partial charge in [0.2, 0.25) is 5.90 Å². The fraction of sp³-hybridized carbons (Fsp3) is 0.0909. The standard InChI is InChI=1S/C11H7Cl2N3O2/c12-5-1-2-7(6(13)3-5)14-11-9-8(4-18-11)15-16-10(9)17/h1-3H,4H2,(H2,15,16,17). The van der Waals surface area contributed by atoms with Gasteiger partial charge in [-0.15, -0.1) is 0 Å². The maximum absolute atomic E-state index is 11.5. The number of hydrogen-bond donors (Lipinski definition) is 2. The van der Waals surface area contributed by atoms with Gasteiger partial charge in [0.15, 0.2) is 0 Å². The van der Waals surface area contributed by atoms with Crippen LogP contribution in [0.15, 0.2) is 28.0 Å². The fourth-order valence-corrected chi connectivity index (χ4v) is 2.16. The Morgan fingerprint density at radius 3 is 2.89 bits per heavy atom. The van der Waals surface area contributed by atoms with E-state index < -0.39 is 0 Å². The highest BCUT2D eigenvalue weighted by Gasteiger charge is 2.25. The summed E-state index contributed by atoms with van der Waals surface area (Å²) in [6.07, 6.45) is 0. The minimum absolute atomic E-state index is 0.258. The number of hydrogen-bond acceptors (Lipinski definition) is 3. The maximum atomic E-state index is 11.5. The third kappa shape index (κ3) is 1.81. The summed E-state index contributed by atoms with van der Waals surface area (Å²) in [6, 6.07) is 4.92. The summed E-state index contributed by atoms with van der Waals surface area (Å²) in [5.74, 6) is 0.261. The summed E-state index contributed by atoms with van der Waals surface area (Å²) in [7, 11) is 0. The molecule has 92 valence electrons. The zero-order valence-corrected chi connectivity index (χ0v) is 10.5.